The summed E-state index contributed by atoms with van der Waals surface area (Å²) in [5, 5.41) is 11.7. The second kappa shape index (κ2) is 5.19. The molecule has 1 aliphatic carbocycles. The molecule has 100 valence electrons. The zero-order valence-corrected chi connectivity index (χ0v) is 11.9. The third-order valence-electron chi connectivity index (χ3n) is 2.52. The predicted molar refractivity (Wildman–Crippen MR) is 69.0 cm³/mol. The highest BCUT2D eigenvalue weighted by atomic mass is 32.2. The van der Waals surface area contributed by atoms with E-state index in [0.717, 1.165) is 0 Å². The van der Waals surface area contributed by atoms with Gasteiger partial charge in [0.1, 0.15) is 11.1 Å². The molecule has 1 aliphatic rings. The van der Waals surface area contributed by atoms with Crippen LogP contribution in [0.15, 0.2) is 0 Å². The first-order valence-corrected chi connectivity index (χ1v) is 6.73. The van der Waals surface area contributed by atoms with Gasteiger partial charge in [-0.1, -0.05) is 11.8 Å². The Balaban J connectivity index is 2.48. The van der Waals surface area contributed by atoms with Gasteiger partial charge in [-0.05, 0) is 27.2 Å². The number of nitrogens with one attached hydrogen (secondary N) is 1. The second-order valence-electron chi connectivity index (χ2n) is 5.41. The highest BCUT2D eigenvalue weighted by Crippen LogP contribution is 2.45. The summed E-state index contributed by atoms with van der Waals surface area (Å²) in [7, 11) is 0. The van der Waals surface area contributed by atoms with Crippen molar-refractivity contribution in [2.75, 3.05) is 5.75 Å². The molecular formula is C12H18N2O3S. The Labute approximate surface area is 111 Å². The van der Waals surface area contributed by atoms with Gasteiger partial charge in [-0.2, -0.15) is 5.26 Å². The normalized spacial score (nSPS) is 26.1. The molecule has 0 bridgehead atoms. The van der Waals surface area contributed by atoms with Crippen molar-refractivity contribution in [3.8, 4) is 6.07 Å². The van der Waals surface area contributed by atoms with E-state index in [0.29, 0.717) is 12.2 Å². The lowest BCUT2D eigenvalue weighted by atomic mass is 10.2. The maximum Gasteiger partial charge on any atom is 0.408 e. The van der Waals surface area contributed by atoms with Crippen LogP contribution >= 0.6 is 11.8 Å². The lowest BCUT2D eigenvalue weighted by Crippen LogP contribution is -2.41. The first-order valence-electron chi connectivity index (χ1n) is 5.74. The SMILES string of the molecule is CC(=O)SC[C@H]1C[C@]1(C#N)NC(=O)OC(C)(C)C. The Bertz CT molecular complexity index is 397. The molecule has 0 unspecified atom stereocenters. The largest absolute Gasteiger partial charge is 0.444 e. The third kappa shape index (κ3) is 4.22. The van der Waals surface area contributed by atoms with Crippen LogP contribution in [0.4, 0.5) is 4.79 Å². The van der Waals surface area contributed by atoms with Gasteiger partial charge in [0.2, 0.25) is 0 Å². The van der Waals surface area contributed by atoms with E-state index in [-0.39, 0.29) is 11.0 Å². The van der Waals surface area contributed by atoms with Crippen LogP contribution in [0.1, 0.15) is 34.1 Å². The Hall–Kier alpha value is -1.22. The quantitative estimate of drug-likeness (QED) is 0.849. The van der Waals surface area contributed by atoms with Crippen molar-refractivity contribution in [1.29, 1.82) is 5.26 Å². The minimum atomic E-state index is -0.856. The fraction of sp³-hybridized carbons (Fsp3) is 0.750. The Morgan fingerprint density at radius 3 is 2.61 bits per heavy atom. The van der Waals surface area contributed by atoms with Gasteiger partial charge in [0, 0.05) is 18.6 Å². The fourth-order valence-corrected chi connectivity index (χ4v) is 2.39. The van der Waals surface area contributed by atoms with Gasteiger partial charge in [0.15, 0.2) is 5.12 Å². The Morgan fingerprint density at radius 2 is 2.17 bits per heavy atom. The number of nitrogens with zero attached hydrogens (tertiary/aromatic N) is 1. The zero-order valence-electron chi connectivity index (χ0n) is 11.1. The third-order valence-corrected chi connectivity index (χ3v) is 3.49. The smallest absolute Gasteiger partial charge is 0.408 e. The minimum absolute atomic E-state index is 0.0175. The van der Waals surface area contributed by atoms with Crippen LogP contribution in [0.3, 0.4) is 0 Å². The molecule has 1 fully saturated rings. The van der Waals surface area contributed by atoms with Gasteiger partial charge < -0.3 is 10.1 Å². The summed E-state index contributed by atoms with van der Waals surface area (Å²) in [6, 6.07) is 2.11. The lowest BCUT2D eigenvalue weighted by molar-refractivity contribution is -0.109. The van der Waals surface area contributed by atoms with E-state index in [4.69, 9.17) is 10.00 Å². The summed E-state index contributed by atoms with van der Waals surface area (Å²) in [4.78, 5) is 22.5. The van der Waals surface area contributed by atoms with Crippen LogP contribution in [-0.2, 0) is 9.53 Å². The average Bonchev–Trinajstić information content (AvgIpc) is 2.86. The number of nitriles is 1. The average molecular weight is 270 g/mol. The zero-order chi connectivity index (χ0) is 14.0. The maximum absolute atomic E-state index is 11.6. The van der Waals surface area contributed by atoms with Crippen LogP contribution in [0.5, 0.6) is 0 Å². The van der Waals surface area contributed by atoms with Crippen molar-refractivity contribution in [1.82, 2.24) is 5.32 Å². The van der Waals surface area contributed by atoms with E-state index in [1.54, 1.807) is 20.8 Å². The molecule has 0 aromatic heterocycles. The monoisotopic (exact) mass is 270 g/mol. The van der Waals surface area contributed by atoms with Crippen LogP contribution < -0.4 is 5.32 Å². The van der Waals surface area contributed by atoms with Gasteiger partial charge in [-0.25, -0.2) is 4.79 Å². The van der Waals surface area contributed by atoms with Crippen molar-refractivity contribution in [3.05, 3.63) is 0 Å². The number of ether oxygens (including phenoxy) is 1. The molecule has 2 atom stereocenters. The molecule has 0 radical (unpaired) electrons. The summed E-state index contributed by atoms with van der Waals surface area (Å²) < 4.78 is 5.11. The molecule has 18 heavy (non-hydrogen) atoms. The summed E-state index contributed by atoms with van der Waals surface area (Å²) >= 11 is 1.18. The lowest BCUT2D eigenvalue weighted by Gasteiger charge is -2.21. The fourth-order valence-electron chi connectivity index (χ4n) is 1.55. The van der Waals surface area contributed by atoms with Gasteiger partial charge in [0.05, 0.1) is 6.07 Å². The highest BCUT2D eigenvalue weighted by Gasteiger charge is 2.56. The van der Waals surface area contributed by atoms with E-state index in [2.05, 4.69) is 11.4 Å². The molecule has 5 nitrogen and oxygen atoms in total. The van der Waals surface area contributed by atoms with Crippen molar-refractivity contribution in [2.24, 2.45) is 5.92 Å². The van der Waals surface area contributed by atoms with E-state index in [9.17, 15) is 9.59 Å². The molecule has 1 amide bonds. The molecule has 1 N–H and O–H groups in total. The van der Waals surface area contributed by atoms with Gasteiger partial charge in [-0.15, -0.1) is 0 Å². The molecule has 0 aromatic rings. The Kier molecular flexibility index (Phi) is 4.28. The summed E-state index contributed by atoms with van der Waals surface area (Å²) in [6.45, 7) is 6.78. The van der Waals surface area contributed by atoms with Gasteiger partial charge in [-0.3, -0.25) is 4.79 Å². The number of carbonyl (C=O) groups is 2. The van der Waals surface area contributed by atoms with Gasteiger partial charge >= 0.3 is 6.09 Å². The number of alkyl carbamates (subject to hydrolysis) is 1. The molecular weight excluding hydrogens is 252 g/mol. The van der Waals surface area contributed by atoms with Crippen molar-refractivity contribution in [2.45, 2.75) is 45.3 Å². The number of thioether (sulfide) groups is 1. The molecule has 0 aliphatic heterocycles. The van der Waals surface area contributed by atoms with Crippen molar-refractivity contribution in [3.63, 3.8) is 0 Å². The van der Waals surface area contributed by atoms with Crippen LogP contribution in [-0.4, -0.2) is 28.1 Å². The maximum atomic E-state index is 11.6. The Morgan fingerprint density at radius 1 is 1.56 bits per heavy atom. The summed E-state index contributed by atoms with van der Waals surface area (Å²) in [5.74, 6) is 0.572. The molecule has 6 heteroatoms. The first-order chi connectivity index (χ1) is 8.18. The van der Waals surface area contributed by atoms with E-state index >= 15 is 0 Å². The second-order valence-corrected chi connectivity index (χ2v) is 6.61. The topological polar surface area (TPSA) is 79.2 Å². The van der Waals surface area contributed by atoms with Crippen LogP contribution in [0, 0.1) is 17.2 Å². The van der Waals surface area contributed by atoms with Crippen LogP contribution in [0.2, 0.25) is 0 Å². The molecule has 0 spiro atoms. The highest BCUT2D eigenvalue weighted by molar-refractivity contribution is 8.13. The number of hydrogen-bond donors (Lipinski definition) is 1. The van der Waals surface area contributed by atoms with E-state index in [1.807, 2.05) is 0 Å². The summed E-state index contributed by atoms with van der Waals surface area (Å²) in [5.41, 5.74) is -1.44. The molecule has 0 aromatic carbocycles. The number of carbonyl (C=O) groups excluding carboxylic acids is 2. The molecule has 0 saturated heterocycles. The standard InChI is InChI=1S/C12H18N2O3S/c1-8(15)18-6-9-5-12(9,7-13)14-10(16)17-11(2,3)4/h9H,5-6H2,1-4H3,(H,14,16)/t9-,12-/m1/s1. The first kappa shape index (κ1) is 14.8. The van der Waals surface area contributed by atoms with Crippen LogP contribution in [0.25, 0.3) is 0 Å². The van der Waals surface area contributed by atoms with Gasteiger partial charge in [0.25, 0.3) is 0 Å². The van der Waals surface area contributed by atoms with Crippen molar-refractivity contribution >= 4 is 23.0 Å². The molecule has 1 saturated carbocycles. The minimum Gasteiger partial charge on any atom is -0.444 e. The van der Waals surface area contributed by atoms with E-state index < -0.39 is 17.2 Å². The number of hydrogen-bond acceptors (Lipinski definition) is 5. The predicted octanol–water partition coefficient (Wildman–Crippen LogP) is 2.07. The number of amides is 1. The number of rotatable bonds is 3. The van der Waals surface area contributed by atoms with E-state index in [1.165, 1.54) is 18.7 Å². The summed E-state index contributed by atoms with van der Waals surface area (Å²) in [6.07, 6.45) is -0.0115. The molecule has 0 heterocycles. The van der Waals surface area contributed by atoms with Crippen molar-refractivity contribution < 1.29 is 14.3 Å². The molecule has 1 rings (SSSR count).